The molecule has 0 atom stereocenters. The Hall–Kier alpha value is -2.63. The van der Waals surface area contributed by atoms with E-state index in [2.05, 4.69) is 10.3 Å². The minimum absolute atomic E-state index is 0.125. The predicted octanol–water partition coefficient (Wildman–Crippen LogP) is 2.49. The van der Waals surface area contributed by atoms with E-state index in [0.717, 1.165) is 0 Å². The molecule has 5 nitrogen and oxygen atoms in total. The van der Waals surface area contributed by atoms with Gasteiger partial charge in [-0.1, -0.05) is 6.07 Å². The fourth-order valence-electron chi connectivity index (χ4n) is 1.65. The lowest BCUT2D eigenvalue weighted by Gasteiger charge is -2.10. The van der Waals surface area contributed by atoms with Crippen molar-refractivity contribution >= 4 is 11.7 Å². The molecule has 2 aromatic rings. The molecule has 0 aliphatic heterocycles. The summed E-state index contributed by atoms with van der Waals surface area (Å²) in [5.74, 6) is -0.0954. The third kappa shape index (κ3) is 3.03. The van der Waals surface area contributed by atoms with Crippen molar-refractivity contribution in [2.75, 3.05) is 19.5 Å². The van der Waals surface area contributed by atoms with Crippen LogP contribution in [0.1, 0.15) is 10.4 Å². The molecule has 1 aromatic heterocycles. The van der Waals surface area contributed by atoms with Crippen LogP contribution in [0.4, 0.5) is 10.2 Å². The van der Waals surface area contributed by atoms with E-state index in [1.54, 1.807) is 12.1 Å². The first kappa shape index (κ1) is 13.8. The van der Waals surface area contributed by atoms with Crippen molar-refractivity contribution in [2.24, 2.45) is 0 Å². The van der Waals surface area contributed by atoms with E-state index >= 15 is 0 Å². The van der Waals surface area contributed by atoms with Crippen molar-refractivity contribution in [2.45, 2.75) is 0 Å². The van der Waals surface area contributed by atoms with Gasteiger partial charge in [0.2, 0.25) is 5.95 Å². The summed E-state index contributed by atoms with van der Waals surface area (Å²) in [5, 5.41) is 2.50. The van der Waals surface area contributed by atoms with Gasteiger partial charge in [0.25, 0.3) is 5.91 Å². The van der Waals surface area contributed by atoms with E-state index in [1.165, 1.54) is 38.5 Å². The van der Waals surface area contributed by atoms with Gasteiger partial charge in [0.15, 0.2) is 0 Å². The number of anilines is 1. The molecule has 0 spiro atoms. The summed E-state index contributed by atoms with van der Waals surface area (Å²) in [7, 11) is 2.96. The zero-order valence-corrected chi connectivity index (χ0v) is 11.0. The molecule has 0 fully saturated rings. The number of pyridine rings is 1. The molecule has 0 saturated heterocycles. The average Bonchev–Trinajstić information content (AvgIpc) is 2.46. The molecule has 20 heavy (non-hydrogen) atoms. The highest BCUT2D eigenvalue weighted by Crippen LogP contribution is 2.24. The largest absolute Gasteiger partial charge is 0.497 e. The Balaban J connectivity index is 2.28. The van der Waals surface area contributed by atoms with Gasteiger partial charge >= 0.3 is 0 Å². The van der Waals surface area contributed by atoms with Crippen LogP contribution in [-0.4, -0.2) is 25.1 Å². The van der Waals surface area contributed by atoms with Gasteiger partial charge in [0.05, 0.1) is 19.8 Å². The second-order valence-electron chi connectivity index (χ2n) is 3.87. The molecular weight excluding hydrogens is 263 g/mol. The van der Waals surface area contributed by atoms with Gasteiger partial charge in [0, 0.05) is 0 Å². The molecule has 2 rings (SSSR count). The Morgan fingerprint density at radius 2 is 2.00 bits per heavy atom. The number of nitrogens with zero attached hydrogens (tertiary/aromatic N) is 1. The van der Waals surface area contributed by atoms with E-state index in [9.17, 15) is 9.18 Å². The quantitative estimate of drug-likeness (QED) is 0.871. The van der Waals surface area contributed by atoms with Crippen molar-refractivity contribution in [3.05, 3.63) is 47.9 Å². The van der Waals surface area contributed by atoms with Crippen LogP contribution in [0, 0.1) is 5.95 Å². The van der Waals surface area contributed by atoms with Crippen LogP contribution < -0.4 is 14.8 Å². The number of halogens is 1. The molecule has 1 heterocycles. The summed E-state index contributed by atoms with van der Waals surface area (Å²) in [4.78, 5) is 15.7. The molecule has 0 aliphatic carbocycles. The van der Waals surface area contributed by atoms with Crippen molar-refractivity contribution in [1.82, 2.24) is 4.98 Å². The zero-order valence-electron chi connectivity index (χ0n) is 11.0. The highest BCUT2D eigenvalue weighted by Gasteiger charge is 2.14. The van der Waals surface area contributed by atoms with E-state index in [1.807, 2.05) is 0 Å². The number of benzene rings is 1. The van der Waals surface area contributed by atoms with E-state index in [0.29, 0.717) is 11.5 Å². The third-order valence-corrected chi connectivity index (χ3v) is 2.61. The van der Waals surface area contributed by atoms with E-state index < -0.39 is 11.9 Å². The topological polar surface area (TPSA) is 60.5 Å². The van der Waals surface area contributed by atoms with Crippen molar-refractivity contribution in [3.8, 4) is 11.5 Å². The third-order valence-electron chi connectivity index (χ3n) is 2.61. The van der Waals surface area contributed by atoms with E-state index in [4.69, 9.17) is 9.47 Å². The Labute approximate surface area is 115 Å². The van der Waals surface area contributed by atoms with E-state index in [-0.39, 0.29) is 11.4 Å². The number of nitrogens with one attached hydrogen (secondary N) is 1. The summed E-state index contributed by atoms with van der Waals surface area (Å²) in [6, 6.07) is 8.98. The molecule has 0 bridgehead atoms. The number of methoxy groups -OCH3 is 2. The lowest BCUT2D eigenvalue weighted by Crippen LogP contribution is -2.14. The van der Waals surface area contributed by atoms with Crippen LogP contribution in [0.15, 0.2) is 36.4 Å². The molecule has 1 amide bonds. The van der Waals surface area contributed by atoms with Gasteiger partial charge in [-0.25, -0.2) is 4.98 Å². The van der Waals surface area contributed by atoms with Gasteiger partial charge in [-0.15, -0.1) is 0 Å². The maximum Gasteiger partial charge on any atom is 0.260 e. The van der Waals surface area contributed by atoms with Crippen LogP contribution in [0.2, 0.25) is 0 Å². The van der Waals surface area contributed by atoms with Crippen LogP contribution in [-0.2, 0) is 0 Å². The molecule has 0 saturated carbocycles. The lowest BCUT2D eigenvalue weighted by atomic mass is 10.1. The monoisotopic (exact) mass is 276 g/mol. The summed E-state index contributed by atoms with van der Waals surface area (Å²) >= 11 is 0. The number of rotatable bonds is 4. The molecular formula is C14H13FN2O3. The number of carbonyl (C=O) groups is 1. The maximum atomic E-state index is 13.0. The van der Waals surface area contributed by atoms with Crippen molar-refractivity contribution in [1.29, 1.82) is 0 Å². The number of ether oxygens (including phenoxy) is 2. The number of amides is 1. The molecule has 0 radical (unpaired) electrons. The first-order valence-electron chi connectivity index (χ1n) is 5.80. The Morgan fingerprint density at radius 3 is 2.65 bits per heavy atom. The second kappa shape index (κ2) is 6.01. The van der Waals surface area contributed by atoms with Gasteiger partial charge < -0.3 is 14.8 Å². The van der Waals surface area contributed by atoms with Gasteiger partial charge in [0.1, 0.15) is 17.3 Å². The van der Waals surface area contributed by atoms with Gasteiger partial charge in [-0.2, -0.15) is 4.39 Å². The van der Waals surface area contributed by atoms with Crippen molar-refractivity contribution < 1.29 is 18.7 Å². The molecule has 1 N–H and O–H groups in total. The van der Waals surface area contributed by atoms with Gasteiger partial charge in [-0.3, -0.25) is 4.79 Å². The minimum Gasteiger partial charge on any atom is -0.497 e. The molecule has 6 heteroatoms. The van der Waals surface area contributed by atoms with Crippen LogP contribution in [0.3, 0.4) is 0 Å². The average molecular weight is 276 g/mol. The maximum absolute atomic E-state index is 13.0. The Kier molecular flexibility index (Phi) is 4.14. The first-order chi connectivity index (χ1) is 9.63. The standard InChI is InChI=1S/C14H13FN2O3/c1-19-9-6-7-11(20-2)10(8-9)14(18)17-13-5-3-4-12(15)16-13/h3-8H,1-2H3,(H,16,17,18). The van der Waals surface area contributed by atoms with Crippen LogP contribution >= 0.6 is 0 Å². The number of carbonyl (C=O) groups excluding carboxylic acids is 1. The summed E-state index contributed by atoms with van der Waals surface area (Å²) < 4.78 is 23.2. The fraction of sp³-hybridized carbons (Fsp3) is 0.143. The van der Waals surface area contributed by atoms with Crippen molar-refractivity contribution in [3.63, 3.8) is 0 Å². The number of hydrogen-bond donors (Lipinski definition) is 1. The smallest absolute Gasteiger partial charge is 0.260 e. The number of hydrogen-bond acceptors (Lipinski definition) is 4. The number of aromatic nitrogens is 1. The van der Waals surface area contributed by atoms with Gasteiger partial charge in [-0.05, 0) is 30.3 Å². The highest BCUT2D eigenvalue weighted by molar-refractivity contribution is 6.06. The van der Waals surface area contributed by atoms with Crippen LogP contribution in [0.5, 0.6) is 11.5 Å². The summed E-state index contributed by atoms with van der Waals surface area (Å²) in [6.07, 6.45) is 0. The summed E-state index contributed by atoms with van der Waals surface area (Å²) in [6.45, 7) is 0. The fourth-order valence-corrected chi connectivity index (χ4v) is 1.65. The summed E-state index contributed by atoms with van der Waals surface area (Å²) in [5.41, 5.74) is 0.276. The molecule has 104 valence electrons. The minimum atomic E-state index is -0.666. The zero-order chi connectivity index (χ0) is 14.5. The predicted molar refractivity (Wildman–Crippen MR) is 71.7 cm³/mol. The Bertz CT molecular complexity index is 632. The molecule has 0 aliphatic rings. The lowest BCUT2D eigenvalue weighted by molar-refractivity contribution is 0.102. The highest BCUT2D eigenvalue weighted by atomic mass is 19.1. The first-order valence-corrected chi connectivity index (χ1v) is 5.80. The molecule has 0 unspecified atom stereocenters. The molecule has 1 aromatic carbocycles. The second-order valence-corrected chi connectivity index (χ2v) is 3.87. The normalized spacial score (nSPS) is 9.95. The Morgan fingerprint density at radius 1 is 1.20 bits per heavy atom. The van der Waals surface area contributed by atoms with Crippen LogP contribution in [0.25, 0.3) is 0 Å². The SMILES string of the molecule is COc1ccc(OC)c(C(=O)Nc2cccc(F)n2)c1.